The summed E-state index contributed by atoms with van der Waals surface area (Å²) in [6.45, 7) is 9.62. The summed E-state index contributed by atoms with van der Waals surface area (Å²) in [5, 5.41) is 3.94. The molecule has 2 saturated carbocycles. The van der Waals surface area contributed by atoms with Gasteiger partial charge in [-0.1, -0.05) is 27.2 Å². The SMILES string of the molecule is CC1CCC(C(C)C)C(NC(C)C2CC2)C1. The smallest absolute Gasteiger partial charge is 0.0103 e. The molecule has 4 unspecified atom stereocenters. The topological polar surface area (TPSA) is 12.0 Å². The van der Waals surface area contributed by atoms with Crippen LogP contribution in [0.3, 0.4) is 0 Å². The fourth-order valence-electron chi connectivity index (χ4n) is 3.46. The third-order valence-corrected chi connectivity index (χ3v) is 4.83. The second-order valence-electron chi connectivity index (χ2n) is 6.73. The summed E-state index contributed by atoms with van der Waals surface area (Å²) in [7, 11) is 0. The highest BCUT2D eigenvalue weighted by molar-refractivity contribution is 4.91. The molecular weight excluding hydrogens is 194 g/mol. The van der Waals surface area contributed by atoms with Crippen LogP contribution in [-0.4, -0.2) is 12.1 Å². The van der Waals surface area contributed by atoms with Crippen molar-refractivity contribution in [2.75, 3.05) is 0 Å². The fourth-order valence-corrected chi connectivity index (χ4v) is 3.46. The third-order valence-electron chi connectivity index (χ3n) is 4.83. The summed E-state index contributed by atoms with van der Waals surface area (Å²) in [5.41, 5.74) is 0. The van der Waals surface area contributed by atoms with Crippen molar-refractivity contribution in [2.45, 2.75) is 71.9 Å². The normalized spacial score (nSPS) is 37.7. The number of nitrogens with one attached hydrogen (secondary N) is 1. The van der Waals surface area contributed by atoms with Crippen molar-refractivity contribution in [2.24, 2.45) is 23.7 Å². The van der Waals surface area contributed by atoms with E-state index in [0.717, 1.165) is 35.8 Å². The summed E-state index contributed by atoms with van der Waals surface area (Å²) in [6.07, 6.45) is 7.21. The molecule has 94 valence electrons. The Morgan fingerprint density at radius 2 is 1.69 bits per heavy atom. The summed E-state index contributed by atoms with van der Waals surface area (Å²) in [5.74, 6) is 3.68. The van der Waals surface area contributed by atoms with Gasteiger partial charge >= 0.3 is 0 Å². The van der Waals surface area contributed by atoms with Crippen LogP contribution in [0.2, 0.25) is 0 Å². The highest BCUT2D eigenvalue weighted by Crippen LogP contribution is 2.37. The molecule has 0 radical (unpaired) electrons. The molecule has 1 heteroatoms. The highest BCUT2D eigenvalue weighted by atomic mass is 15.0. The molecule has 0 heterocycles. The lowest BCUT2D eigenvalue weighted by Gasteiger charge is -2.39. The van der Waals surface area contributed by atoms with Crippen molar-refractivity contribution in [1.82, 2.24) is 5.32 Å². The van der Waals surface area contributed by atoms with E-state index in [1.54, 1.807) is 0 Å². The van der Waals surface area contributed by atoms with Crippen molar-refractivity contribution in [3.8, 4) is 0 Å². The quantitative estimate of drug-likeness (QED) is 0.763. The first kappa shape index (κ1) is 12.4. The van der Waals surface area contributed by atoms with E-state index in [9.17, 15) is 0 Å². The number of rotatable bonds is 4. The monoisotopic (exact) mass is 223 g/mol. The Balaban J connectivity index is 1.90. The van der Waals surface area contributed by atoms with E-state index in [0.29, 0.717) is 0 Å². The van der Waals surface area contributed by atoms with E-state index in [1.165, 1.54) is 32.1 Å². The second-order valence-corrected chi connectivity index (χ2v) is 6.73. The predicted molar refractivity (Wildman–Crippen MR) is 70.5 cm³/mol. The largest absolute Gasteiger partial charge is 0.311 e. The van der Waals surface area contributed by atoms with Gasteiger partial charge in [-0.05, 0) is 56.3 Å². The van der Waals surface area contributed by atoms with Gasteiger partial charge in [-0.15, -0.1) is 0 Å². The van der Waals surface area contributed by atoms with Crippen LogP contribution >= 0.6 is 0 Å². The molecule has 2 aliphatic carbocycles. The lowest BCUT2D eigenvalue weighted by molar-refractivity contribution is 0.157. The van der Waals surface area contributed by atoms with E-state index < -0.39 is 0 Å². The maximum absolute atomic E-state index is 3.94. The van der Waals surface area contributed by atoms with Crippen LogP contribution in [0.4, 0.5) is 0 Å². The fraction of sp³-hybridized carbons (Fsp3) is 1.00. The van der Waals surface area contributed by atoms with Gasteiger partial charge in [-0.3, -0.25) is 0 Å². The summed E-state index contributed by atoms with van der Waals surface area (Å²) >= 11 is 0. The average molecular weight is 223 g/mol. The first-order valence-electron chi connectivity index (χ1n) is 7.34. The Bertz CT molecular complexity index is 219. The van der Waals surface area contributed by atoms with E-state index >= 15 is 0 Å². The van der Waals surface area contributed by atoms with Crippen LogP contribution in [0.15, 0.2) is 0 Å². The van der Waals surface area contributed by atoms with Gasteiger partial charge in [0.2, 0.25) is 0 Å². The molecule has 0 bridgehead atoms. The summed E-state index contributed by atoms with van der Waals surface area (Å²) in [4.78, 5) is 0. The molecule has 2 fully saturated rings. The Kier molecular flexibility index (Phi) is 3.94. The Hall–Kier alpha value is -0.0400. The molecule has 16 heavy (non-hydrogen) atoms. The molecule has 0 amide bonds. The highest BCUT2D eigenvalue weighted by Gasteiger charge is 2.34. The summed E-state index contributed by atoms with van der Waals surface area (Å²) < 4.78 is 0. The molecule has 0 aromatic rings. The minimum Gasteiger partial charge on any atom is -0.311 e. The maximum Gasteiger partial charge on any atom is 0.0103 e. The second kappa shape index (κ2) is 5.08. The predicted octanol–water partition coefficient (Wildman–Crippen LogP) is 3.84. The van der Waals surface area contributed by atoms with Crippen molar-refractivity contribution >= 4 is 0 Å². The molecule has 2 rings (SSSR count). The number of hydrogen-bond donors (Lipinski definition) is 1. The average Bonchev–Trinajstić information content (AvgIpc) is 2.99. The zero-order valence-corrected chi connectivity index (χ0v) is 11.5. The minimum atomic E-state index is 0.761. The van der Waals surface area contributed by atoms with Crippen LogP contribution in [0.1, 0.15) is 59.8 Å². The van der Waals surface area contributed by atoms with Crippen LogP contribution in [0, 0.1) is 23.7 Å². The lowest BCUT2D eigenvalue weighted by atomic mass is 9.74. The van der Waals surface area contributed by atoms with Crippen LogP contribution in [-0.2, 0) is 0 Å². The number of hydrogen-bond acceptors (Lipinski definition) is 1. The Morgan fingerprint density at radius 3 is 2.25 bits per heavy atom. The first-order valence-corrected chi connectivity index (χ1v) is 7.34. The van der Waals surface area contributed by atoms with Crippen molar-refractivity contribution in [3.63, 3.8) is 0 Å². The van der Waals surface area contributed by atoms with E-state index in [1.807, 2.05) is 0 Å². The Labute approximate surface area is 101 Å². The van der Waals surface area contributed by atoms with E-state index in [4.69, 9.17) is 0 Å². The first-order chi connectivity index (χ1) is 7.58. The molecule has 0 aromatic carbocycles. The van der Waals surface area contributed by atoms with E-state index in [2.05, 4.69) is 33.0 Å². The van der Waals surface area contributed by atoms with Crippen molar-refractivity contribution < 1.29 is 0 Å². The van der Waals surface area contributed by atoms with Crippen molar-refractivity contribution in [3.05, 3.63) is 0 Å². The standard InChI is InChI=1S/C15H29N/c1-10(2)14-8-5-11(3)9-15(14)16-12(4)13-6-7-13/h10-16H,5-9H2,1-4H3. The zero-order chi connectivity index (χ0) is 11.7. The zero-order valence-electron chi connectivity index (χ0n) is 11.5. The molecule has 0 aliphatic heterocycles. The van der Waals surface area contributed by atoms with Gasteiger partial charge < -0.3 is 5.32 Å². The van der Waals surface area contributed by atoms with Gasteiger partial charge in [0.05, 0.1) is 0 Å². The van der Waals surface area contributed by atoms with Gasteiger partial charge in [0, 0.05) is 12.1 Å². The molecule has 0 aromatic heterocycles. The van der Waals surface area contributed by atoms with Gasteiger partial charge in [-0.25, -0.2) is 0 Å². The van der Waals surface area contributed by atoms with Crippen LogP contribution < -0.4 is 5.32 Å². The van der Waals surface area contributed by atoms with Gasteiger partial charge in [-0.2, -0.15) is 0 Å². The molecule has 1 N–H and O–H groups in total. The molecule has 4 atom stereocenters. The van der Waals surface area contributed by atoms with Gasteiger partial charge in [0.25, 0.3) is 0 Å². The molecule has 0 spiro atoms. The molecule has 2 aliphatic rings. The molecule has 0 saturated heterocycles. The maximum atomic E-state index is 3.94. The van der Waals surface area contributed by atoms with Gasteiger partial charge in [0.15, 0.2) is 0 Å². The van der Waals surface area contributed by atoms with Crippen molar-refractivity contribution in [1.29, 1.82) is 0 Å². The Morgan fingerprint density at radius 1 is 1.00 bits per heavy atom. The van der Waals surface area contributed by atoms with Crippen LogP contribution in [0.5, 0.6) is 0 Å². The van der Waals surface area contributed by atoms with Gasteiger partial charge in [0.1, 0.15) is 0 Å². The van der Waals surface area contributed by atoms with E-state index in [-0.39, 0.29) is 0 Å². The minimum absolute atomic E-state index is 0.761. The third kappa shape index (κ3) is 3.00. The lowest BCUT2D eigenvalue weighted by Crippen LogP contribution is -2.47. The molecule has 1 nitrogen and oxygen atoms in total. The summed E-state index contributed by atoms with van der Waals surface area (Å²) in [6, 6.07) is 1.55. The van der Waals surface area contributed by atoms with Crippen LogP contribution in [0.25, 0.3) is 0 Å². The molecular formula is C15H29N.